The van der Waals surface area contributed by atoms with E-state index in [0.717, 1.165) is 21.9 Å². The molecule has 0 aliphatic heterocycles. The monoisotopic (exact) mass is 448 g/mol. The Morgan fingerprint density at radius 3 is 1.68 bits per heavy atom. The van der Waals surface area contributed by atoms with Gasteiger partial charge in [0.1, 0.15) is 7.85 Å². The number of hydrogen-bond donors (Lipinski definition) is 0. The lowest BCUT2D eigenvalue weighted by Crippen LogP contribution is -2.07. The van der Waals surface area contributed by atoms with Crippen LogP contribution in [0.15, 0.2) is 109 Å². The summed E-state index contributed by atoms with van der Waals surface area (Å²) < 4.78 is 0. The standard InChI is InChI=1S/C32H18BCl/c33-26-18-22(34)17-25-28(20-9-3-1-4-10-20)31-23-15-7-13-19-14-8-16-24(27(19)23)32(31)29(30(25)26)21-11-5-2-6-12-21/h1-18H. The lowest BCUT2D eigenvalue weighted by atomic mass is 9.78. The van der Waals surface area contributed by atoms with Crippen molar-refractivity contribution in [3.63, 3.8) is 0 Å². The number of halogens is 1. The van der Waals surface area contributed by atoms with Crippen LogP contribution in [0, 0.1) is 0 Å². The van der Waals surface area contributed by atoms with Gasteiger partial charge in [-0.1, -0.05) is 114 Å². The van der Waals surface area contributed by atoms with Gasteiger partial charge < -0.3 is 0 Å². The van der Waals surface area contributed by atoms with Gasteiger partial charge >= 0.3 is 0 Å². The van der Waals surface area contributed by atoms with Crippen LogP contribution in [0.2, 0.25) is 5.02 Å². The largest absolute Gasteiger partial charge is 0.114 e. The Morgan fingerprint density at radius 2 is 1.06 bits per heavy atom. The molecule has 34 heavy (non-hydrogen) atoms. The van der Waals surface area contributed by atoms with Gasteiger partial charge in [-0.3, -0.25) is 0 Å². The van der Waals surface area contributed by atoms with E-state index in [0.29, 0.717) is 10.5 Å². The van der Waals surface area contributed by atoms with Gasteiger partial charge in [-0.15, -0.1) is 0 Å². The second kappa shape index (κ2) is 7.35. The van der Waals surface area contributed by atoms with E-state index in [4.69, 9.17) is 19.4 Å². The van der Waals surface area contributed by atoms with Crippen LogP contribution in [0.1, 0.15) is 0 Å². The number of hydrogen-bond acceptors (Lipinski definition) is 0. The van der Waals surface area contributed by atoms with E-state index < -0.39 is 0 Å². The normalized spacial score (nSPS) is 11.8. The summed E-state index contributed by atoms with van der Waals surface area (Å²) in [7, 11) is 6.75. The van der Waals surface area contributed by atoms with Crippen LogP contribution in [0.5, 0.6) is 0 Å². The van der Waals surface area contributed by atoms with Gasteiger partial charge in [0.05, 0.1) is 0 Å². The van der Waals surface area contributed by atoms with E-state index in [2.05, 4.69) is 103 Å². The molecule has 0 heterocycles. The van der Waals surface area contributed by atoms with E-state index in [9.17, 15) is 0 Å². The first-order valence-electron chi connectivity index (χ1n) is 11.4. The quantitative estimate of drug-likeness (QED) is 0.233. The Morgan fingerprint density at radius 1 is 0.500 bits per heavy atom. The second-order valence-electron chi connectivity index (χ2n) is 8.86. The number of fused-ring (bicyclic) bond motifs is 4. The number of rotatable bonds is 2. The highest BCUT2D eigenvalue weighted by molar-refractivity contribution is 6.45. The molecule has 6 aromatic rings. The minimum absolute atomic E-state index is 0.648. The van der Waals surface area contributed by atoms with Gasteiger partial charge in [0, 0.05) is 5.02 Å². The minimum Gasteiger partial charge on any atom is -0.0869 e. The van der Waals surface area contributed by atoms with Crippen LogP contribution in [0.25, 0.3) is 66.1 Å². The molecule has 156 valence electrons. The van der Waals surface area contributed by atoms with Crippen molar-refractivity contribution in [3.8, 4) is 44.5 Å². The van der Waals surface area contributed by atoms with E-state index in [1.807, 2.05) is 6.07 Å². The molecule has 1 aliphatic carbocycles. The lowest BCUT2D eigenvalue weighted by Gasteiger charge is -2.22. The summed E-state index contributed by atoms with van der Waals surface area (Å²) in [6.45, 7) is 0. The summed E-state index contributed by atoms with van der Waals surface area (Å²) in [6, 6.07) is 38.3. The summed E-state index contributed by atoms with van der Waals surface area (Å²) >= 11 is 6.62. The maximum Gasteiger partial charge on any atom is 0.114 e. The van der Waals surface area contributed by atoms with Crippen LogP contribution in [0.3, 0.4) is 0 Å². The van der Waals surface area contributed by atoms with Crippen molar-refractivity contribution in [3.05, 3.63) is 114 Å². The average Bonchev–Trinajstić information content (AvgIpc) is 3.20. The summed E-state index contributed by atoms with van der Waals surface area (Å²) in [6.07, 6.45) is 0. The minimum atomic E-state index is 0.648. The molecule has 0 saturated carbocycles. The topological polar surface area (TPSA) is 0 Å². The van der Waals surface area contributed by atoms with Gasteiger partial charge in [-0.2, -0.15) is 0 Å². The first-order valence-corrected chi connectivity index (χ1v) is 11.8. The summed E-state index contributed by atoms with van der Waals surface area (Å²) in [5.74, 6) is 0. The van der Waals surface area contributed by atoms with Crippen LogP contribution < -0.4 is 5.46 Å². The van der Waals surface area contributed by atoms with Gasteiger partial charge in [0.2, 0.25) is 0 Å². The molecule has 0 fully saturated rings. The molecule has 0 aromatic heterocycles. The molecule has 0 saturated heterocycles. The van der Waals surface area contributed by atoms with Crippen molar-refractivity contribution < 1.29 is 0 Å². The predicted molar refractivity (Wildman–Crippen MR) is 147 cm³/mol. The average molecular weight is 449 g/mol. The molecular weight excluding hydrogens is 431 g/mol. The van der Waals surface area contributed by atoms with Gasteiger partial charge in [0.15, 0.2) is 0 Å². The Bertz CT molecular complexity index is 1750. The summed E-state index contributed by atoms with van der Waals surface area (Å²) in [4.78, 5) is 0. The fraction of sp³-hybridized carbons (Fsp3) is 0. The molecule has 6 aromatic carbocycles. The first-order chi connectivity index (χ1) is 16.7. The van der Waals surface area contributed by atoms with Gasteiger partial charge in [0.25, 0.3) is 0 Å². The van der Waals surface area contributed by atoms with E-state index in [1.54, 1.807) is 0 Å². The lowest BCUT2D eigenvalue weighted by molar-refractivity contribution is 1.63. The molecule has 0 nitrogen and oxygen atoms in total. The van der Waals surface area contributed by atoms with Crippen LogP contribution in [-0.2, 0) is 0 Å². The van der Waals surface area contributed by atoms with Crippen molar-refractivity contribution in [2.45, 2.75) is 0 Å². The van der Waals surface area contributed by atoms with Crippen molar-refractivity contribution in [1.82, 2.24) is 0 Å². The molecule has 0 bridgehead atoms. The fourth-order valence-corrected chi connectivity index (χ4v) is 5.93. The molecule has 0 N–H and O–H groups in total. The van der Waals surface area contributed by atoms with Crippen LogP contribution in [0.4, 0.5) is 0 Å². The van der Waals surface area contributed by atoms with Crippen molar-refractivity contribution in [1.29, 1.82) is 0 Å². The first kappa shape index (κ1) is 19.6. The van der Waals surface area contributed by atoms with Gasteiger partial charge in [-0.05, 0) is 78.2 Å². The van der Waals surface area contributed by atoms with Crippen LogP contribution in [-0.4, -0.2) is 7.85 Å². The Labute approximate surface area is 204 Å². The molecular formula is C32H18BCl. The summed E-state index contributed by atoms with van der Waals surface area (Å²) in [5.41, 5.74) is 10.4. The molecule has 2 heteroatoms. The highest BCUT2D eigenvalue weighted by Gasteiger charge is 2.30. The zero-order valence-corrected chi connectivity index (χ0v) is 19.1. The van der Waals surface area contributed by atoms with Crippen molar-refractivity contribution in [2.24, 2.45) is 0 Å². The zero-order valence-electron chi connectivity index (χ0n) is 18.3. The smallest absolute Gasteiger partial charge is 0.0869 e. The molecule has 0 spiro atoms. The third-order valence-corrected chi connectivity index (χ3v) is 7.19. The molecule has 0 amide bonds. The van der Waals surface area contributed by atoms with Crippen LogP contribution >= 0.6 is 11.6 Å². The predicted octanol–water partition coefficient (Wildman–Crippen LogP) is 8.42. The fourth-order valence-electron chi connectivity index (χ4n) is 5.71. The van der Waals surface area contributed by atoms with E-state index in [-0.39, 0.29) is 0 Å². The van der Waals surface area contributed by atoms with Gasteiger partial charge in [-0.25, -0.2) is 0 Å². The molecule has 0 unspecified atom stereocenters. The molecule has 0 atom stereocenters. The molecule has 2 radical (unpaired) electrons. The molecule has 1 aliphatic rings. The third kappa shape index (κ3) is 2.68. The van der Waals surface area contributed by atoms with E-state index >= 15 is 0 Å². The summed E-state index contributed by atoms with van der Waals surface area (Å²) in [5, 5.41) is 5.33. The molecule has 7 rings (SSSR count). The Hall–Kier alpha value is -3.81. The SMILES string of the molecule is [B]c1cc(Cl)cc2c(-c3ccccc3)c3c(c(-c4ccccc4)c12)-c1cccc2cccc-3c12. The van der Waals surface area contributed by atoms with Crippen molar-refractivity contribution in [2.75, 3.05) is 0 Å². The maximum absolute atomic E-state index is 6.75. The van der Waals surface area contributed by atoms with Crippen molar-refractivity contribution >= 4 is 46.5 Å². The number of benzene rings is 6. The second-order valence-corrected chi connectivity index (χ2v) is 9.30. The zero-order chi connectivity index (χ0) is 22.8. The Kier molecular flexibility index (Phi) is 4.25. The maximum atomic E-state index is 6.75. The Balaban J connectivity index is 1.81. The highest BCUT2D eigenvalue weighted by atomic mass is 35.5. The van der Waals surface area contributed by atoms with E-state index in [1.165, 1.54) is 44.2 Å². The third-order valence-electron chi connectivity index (χ3n) is 6.97. The highest BCUT2D eigenvalue weighted by Crippen LogP contribution is 2.57.